The molecule has 0 aliphatic carbocycles. The van der Waals surface area contributed by atoms with E-state index in [4.69, 9.17) is 0 Å². The minimum atomic E-state index is 0.509. The Labute approximate surface area is 82.3 Å². The lowest BCUT2D eigenvalue weighted by atomic mass is 10.4. The third kappa shape index (κ3) is 3.31. The van der Waals surface area contributed by atoms with Gasteiger partial charge in [-0.2, -0.15) is 0 Å². The van der Waals surface area contributed by atoms with Crippen LogP contribution >= 0.6 is 11.8 Å². The highest BCUT2D eigenvalue weighted by molar-refractivity contribution is 7.98. The zero-order valence-corrected chi connectivity index (χ0v) is 9.01. The Hall–Kier alpha value is -0.620. The smallest absolute Gasteiger partial charge is 0.209 e. The summed E-state index contributed by atoms with van der Waals surface area (Å²) in [5.74, 6) is 0. The van der Waals surface area contributed by atoms with Crippen molar-refractivity contribution in [2.24, 2.45) is 0 Å². The van der Waals surface area contributed by atoms with Crippen molar-refractivity contribution in [2.45, 2.75) is 31.6 Å². The van der Waals surface area contributed by atoms with E-state index >= 15 is 0 Å². The normalized spacial score (nSPS) is 11.1. The molecule has 1 aromatic rings. The fraction of sp³-hybridized carbons (Fsp3) is 0.857. The van der Waals surface area contributed by atoms with Crippen LogP contribution in [0.4, 0.5) is 0 Å². The van der Waals surface area contributed by atoms with E-state index in [9.17, 15) is 0 Å². The highest BCUT2D eigenvalue weighted by atomic mass is 32.2. The number of tetrazole rings is 1. The summed E-state index contributed by atoms with van der Waals surface area (Å²) in [6.07, 6.45) is 1.97. The minimum Gasteiger partial charge on any atom is -0.313 e. The van der Waals surface area contributed by atoms with Gasteiger partial charge in [-0.3, -0.25) is 0 Å². The molecule has 1 rings (SSSR count). The van der Waals surface area contributed by atoms with Gasteiger partial charge in [0, 0.05) is 12.6 Å². The fourth-order valence-corrected chi connectivity index (χ4v) is 1.40. The van der Waals surface area contributed by atoms with E-state index in [2.05, 4.69) is 34.7 Å². The molecule has 0 fully saturated rings. The molecule has 0 unspecified atom stereocenters. The Morgan fingerprint density at radius 2 is 2.31 bits per heavy atom. The number of rotatable bonds is 5. The lowest BCUT2D eigenvalue weighted by Crippen LogP contribution is -2.27. The second-order valence-electron chi connectivity index (χ2n) is 3.00. The summed E-state index contributed by atoms with van der Waals surface area (Å²) in [6.45, 7) is 5.96. The Bertz CT molecular complexity index is 247. The van der Waals surface area contributed by atoms with Crippen molar-refractivity contribution in [3.8, 4) is 0 Å². The van der Waals surface area contributed by atoms with E-state index in [1.807, 2.05) is 6.26 Å². The average molecular weight is 201 g/mol. The van der Waals surface area contributed by atoms with Gasteiger partial charge in [-0.1, -0.05) is 25.6 Å². The lowest BCUT2D eigenvalue weighted by Gasteiger charge is -2.07. The SMILES string of the molecule is CSc1nnnn1CCNC(C)C. The van der Waals surface area contributed by atoms with Gasteiger partial charge in [-0.25, -0.2) is 4.68 Å². The van der Waals surface area contributed by atoms with Crippen LogP contribution in [0.25, 0.3) is 0 Å². The summed E-state index contributed by atoms with van der Waals surface area (Å²) >= 11 is 1.56. The summed E-state index contributed by atoms with van der Waals surface area (Å²) in [5.41, 5.74) is 0. The fourth-order valence-electron chi connectivity index (χ4n) is 0.942. The zero-order chi connectivity index (χ0) is 9.68. The van der Waals surface area contributed by atoms with Crippen molar-refractivity contribution in [1.29, 1.82) is 0 Å². The molecule has 13 heavy (non-hydrogen) atoms. The molecule has 1 aromatic heterocycles. The molecule has 0 aliphatic heterocycles. The number of aromatic nitrogens is 4. The molecule has 5 nitrogen and oxygen atoms in total. The van der Waals surface area contributed by atoms with E-state index in [0.29, 0.717) is 6.04 Å². The van der Waals surface area contributed by atoms with E-state index in [1.165, 1.54) is 0 Å². The molecule has 6 heteroatoms. The molecule has 1 heterocycles. The van der Waals surface area contributed by atoms with Gasteiger partial charge in [-0.05, 0) is 16.7 Å². The first-order chi connectivity index (χ1) is 6.24. The van der Waals surface area contributed by atoms with Crippen LogP contribution in [0.15, 0.2) is 5.16 Å². The van der Waals surface area contributed by atoms with Gasteiger partial charge >= 0.3 is 0 Å². The van der Waals surface area contributed by atoms with Crippen LogP contribution in [-0.4, -0.2) is 39.0 Å². The van der Waals surface area contributed by atoms with Crippen molar-refractivity contribution in [1.82, 2.24) is 25.5 Å². The molecule has 0 saturated carbocycles. The maximum atomic E-state index is 3.88. The third-order valence-electron chi connectivity index (χ3n) is 1.56. The summed E-state index contributed by atoms with van der Waals surface area (Å²) in [4.78, 5) is 0. The number of hydrogen-bond acceptors (Lipinski definition) is 5. The van der Waals surface area contributed by atoms with Crippen molar-refractivity contribution in [3.63, 3.8) is 0 Å². The van der Waals surface area contributed by atoms with Crippen LogP contribution in [0.1, 0.15) is 13.8 Å². The van der Waals surface area contributed by atoms with Gasteiger partial charge in [-0.15, -0.1) is 5.10 Å². The Morgan fingerprint density at radius 1 is 1.54 bits per heavy atom. The molecule has 1 N–H and O–H groups in total. The van der Waals surface area contributed by atoms with E-state index in [-0.39, 0.29) is 0 Å². The summed E-state index contributed by atoms with van der Waals surface area (Å²) in [7, 11) is 0. The summed E-state index contributed by atoms with van der Waals surface area (Å²) in [6, 6.07) is 0.509. The largest absolute Gasteiger partial charge is 0.313 e. The van der Waals surface area contributed by atoms with Crippen LogP contribution in [-0.2, 0) is 6.54 Å². The topological polar surface area (TPSA) is 55.6 Å². The van der Waals surface area contributed by atoms with Crippen LogP contribution in [0.5, 0.6) is 0 Å². The van der Waals surface area contributed by atoms with Gasteiger partial charge in [0.1, 0.15) is 0 Å². The van der Waals surface area contributed by atoms with Gasteiger partial charge in [0.25, 0.3) is 0 Å². The first kappa shape index (κ1) is 10.5. The maximum absolute atomic E-state index is 3.88. The molecule has 0 aliphatic rings. The van der Waals surface area contributed by atoms with E-state index in [0.717, 1.165) is 18.2 Å². The number of thioether (sulfide) groups is 1. The zero-order valence-electron chi connectivity index (χ0n) is 8.19. The van der Waals surface area contributed by atoms with Crippen molar-refractivity contribution < 1.29 is 0 Å². The Balaban J connectivity index is 2.36. The van der Waals surface area contributed by atoms with E-state index in [1.54, 1.807) is 16.4 Å². The number of nitrogens with zero attached hydrogens (tertiary/aromatic N) is 4. The van der Waals surface area contributed by atoms with Gasteiger partial charge in [0.2, 0.25) is 5.16 Å². The van der Waals surface area contributed by atoms with Crippen LogP contribution in [0.2, 0.25) is 0 Å². The molecule has 0 bridgehead atoms. The number of hydrogen-bond donors (Lipinski definition) is 1. The second kappa shape index (κ2) is 5.18. The molecule has 0 atom stereocenters. The van der Waals surface area contributed by atoms with Crippen molar-refractivity contribution in [2.75, 3.05) is 12.8 Å². The quantitative estimate of drug-likeness (QED) is 0.699. The first-order valence-corrected chi connectivity index (χ1v) is 5.50. The predicted molar refractivity (Wildman–Crippen MR) is 52.7 cm³/mol. The molecule has 0 saturated heterocycles. The standard InChI is InChI=1S/C7H15N5S/c1-6(2)8-4-5-12-7(13-3)9-10-11-12/h6,8H,4-5H2,1-3H3. The molecular formula is C7H15N5S. The Morgan fingerprint density at radius 3 is 2.92 bits per heavy atom. The predicted octanol–water partition coefficient (Wildman–Crippen LogP) is 0.393. The van der Waals surface area contributed by atoms with Crippen molar-refractivity contribution in [3.05, 3.63) is 0 Å². The van der Waals surface area contributed by atoms with Gasteiger partial charge in [0.05, 0.1) is 6.54 Å². The molecule has 74 valence electrons. The van der Waals surface area contributed by atoms with Crippen molar-refractivity contribution >= 4 is 11.8 Å². The molecule has 0 aromatic carbocycles. The van der Waals surface area contributed by atoms with Crippen LogP contribution < -0.4 is 5.32 Å². The minimum absolute atomic E-state index is 0.509. The van der Waals surface area contributed by atoms with Gasteiger partial charge in [0.15, 0.2) is 0 Å². The third-order valence-corrected chi connectivity index (χ3v) is 2.22. The molecule has 0 amide bonds. The van der Waals surface area contributed by atoms with Crippen LogP contribution in [0.3, 0.4) is 0 Å². The maximum Gasteiger partial charge on any atom is 0.209 e. The summed E-state index contributed by atoms with van der Waals surface area (Å²) in [5, 5.41) is 15.5. The molecular weight excluding hydrogens is 186 g/mol. The monoisotopic (exact) mass is 201 g/mol. The average Bonchev–Trinajstić information content (AvgIpc) is 2.51. The Kier molecular flexibility index (Phi) is 4.17. The van der Waals surface area contributed by atoms with Gasteiger partial charge < -0.3 is 5.32 Å². The molecule has 0 spiro atoms. The van der Waals surface area contributed by atoms with Crippen LogP contribution in [0, 0.1) is 0 Å². The highest BCUT2D eigenvalue weighted by Crippen LogP contribution is 2.07. The lowest BCUT2D eigenvalue weighted by molar-refractivity contribution is 0.485. The molecule has 0 radical (unpaired) electrons. The number of nitrogens with one attached hydrogen (secondary N) is 1. The van der Waals surface area contributed by atoms with E-state index < -0.39 is 0 Å². The summed E-state index contributed by atoms with van der Waals surface area (Å²) < 4.78 is 1.81. The highest BCUT2D eigenvalue weighted by Gasteiger charge is 2.02. The first-order valence-electron chi connectivity index (χ1n) is 4.27. The second-order valence-corrected chi connectivity index (χ2v) is 3.77.